The molecule has 156 valence electrons. The van der Waals surface area contributed by atoms with Crippen LogP contribution < -0.4 is 5.73 Å². The number of hydrogen-bond donors (Lipinski definition) is 1. The van der Waals surface area contributed by atoms with Crippen molar-refractivity contribution in [3.05, 3.63) is 24.4 Å². The van der Waals surface area contributed by atoms with Crippen LogP contribution in [0.1, 0.15) is 26.2 Å². The summed E-state index contributed by atoms with van der Waals surface area (Å²) >= 11 is 0. The molecule has 3 atom stereocenters. The molecule has 2 bridgehead atoms. The molecule has 1 aliphatic carbocycles. The lowest BCUT2D eigenvalue weighted by atomic mass is 9.62. The number of methoxy groups -OCH3 is 1. The number of ether oxygens (including phenoxy) is 3. The van der Waals surface area contributed by atoms with Crippen molar-refractivity contribution in [2.75, 3.05) is 46.6 Å². The van der Waals surface area contributed by atoms with E-state index in [0.717, 1.165) is 38.0 Å². The Morgan fingerprint density at radius 2 is 2.07 bits per heavy atom. The van der Waals surface area contributed by atoms with E-state index in [-0.39, 0.29) is 17.4 Å². The Kier molecular flexibility index (Phi) is 7.04. The molecule has 2 unspecified atom stereocenters. The highest BCUT2D eigenvalue weighted by molar-refractivity contribution is 6.37. The maximum Gasteiger partial charge on any atom is 0.262 e. The van der Waals surface area contributed by atoms with Crippen molar-refractivity contribution in [2.45, 2.75) is 37.9 Å². The number of carbonyl (C=O) groups excluding carboxylic acids is 1. The first-order chi connectivity index (χ1) is 13.5. The van der Waals surface area contributed by atoms with Gasteiger partial charge in [-0.2, -0.15) is 0 Å². The van der Waals surface area contributed by atoms with Gasteiger partial charge in [-0.1, -0.05) is 13.0 Å². The summed E-state index contributed by atoms with van der Waals surface area (Å²) in [5.74, 6) is 0.219. The summed E-state index contributed by atoms with van der Waals surface area (Å²) in [6.07, 6.45) is 7.07. The van der Waals surface area contributed by atoms with Crippen molar-refractivity contribution in [2.24, 2.45) is 22.6 Å². The summed E-state index contributed by atoms with van der Waals surface area (Å²) in [5, 5.41) is 0. The third-order valence-corrected chi connectivity index (χ3v) is 6.36. The number of nitrogens with zero attached hydrogens (tertiary/aromatic N) is 2. The molecule has 2 heterocycles. The first-order valence-corrected chi connectivity index (χ1v) is 10.1. The van der Waals surface area contributed by atoms with E-state index in [1.54, 1.807) is 20.2 Å². The van der Waals surface area contributed by atoms with E-state index in [9.17, 15) is 4.79 Å². The average molecular weight is 392 g/mol. The molecule has 0 aromatic heterocycles. The van der Waals surface area contributed by atoms with Crippen LogP contribution in [0, 0.1) is 11.8 Å². The summed E-state index contributed by atoms with van der Waals surface area (Å²) in [6.45, 7) is 10.8. The summed E-state index contributed by atoms with van der Waals surface area (Å²) in [5.41, 5.74) is 6.05. The molecule has 2 saturated heterocycles. The van der Waals surface area contributed by atoms with Gasteiger partial charge in [-0.15, -0.1) is 0 Å². The highest BCUT2D eigenvalue weighted by Gasteiger charge is 2.53. The fraction of sp³-hybridized carbons (Fsp3) is 0.714. The van der Waals surface area contributed by atoms with E-state index in [1.807, 2.05) is 6.08 Å². The van der Waals surface area contributed by atoms with Gasteiger partial charge in [0.05, 0.1) is 25.9 Å². The number of likely N-dealkylation sites (tertiary alicyclic amines) is 1. The molecular weight excluding hydrogens is 358 g/mol. The quantitative estimate of drug-likeness (QED) is 0.525. The lowest BCUT2D eigenvalue weighted by Crippen LogP contribution is -2.62. The molecule has 7 heteroatoms. The van der Waals surface area contributed by atoms with Gasteiger partial charge in [-0.05, 0) is 31.4 Å². The van der Waals surface area contributed by atoms with Crippen LogP contribution in [0.2, 0.25) is 0 Å². The number of piperidine rings is 1. The van der Waals surface area contributed by atoms with Crippen molar-refractivity contribution < 1.29 is 19.0 Å². The van der Waals surface area contributed by atoms with E-state index in [0.29, 0.717) is 31.7 Å². The third-order valence-electron chi connectivity index (χ3n) is 6.36. The lowest BCUT2D eigenvalue weighted by Gasteiger charge is -2.56. The standard InChI is InChI=1S/C21H33N3O4/c1-15(7-8-23-16(2)20(22)25)21(26-3)17-5-4-6-18(21)12-24(11-17)13-19-14-27-9-10-28-19/h7-8,17-19H,1,4-6,9-14H2,2-3H3,(H2,22,25)/b8-7-,23-16?/t17?,18?,19-,21?/m1/s1. The van der Waals surface area contributed by atoms with Gasteiger partial charge in [0.15, 0.2) is 0 Å². The van der Waals surface area contributed by atoms with Crippen LogP contribution in [-0.4, -0.2) is 74.8 Å². The number of primary amides is 1. The summed E-state index contributed by atoms with van der Waals surface area (Å²) < 4.78 is 17.6. The number of amides is 1. The molecule has 0 aromatic carbocycles. The Morgan fingerprint density at radius 1 is 1.36 bits per heavy atom. The molecule has 3 aliphatic rings. The van der Waals surface area contributed by atoms with Crippen LogP contribution in [-0.2, 0) is 19.0 Å². The van der Waals surface area contributed by atoms with Gasteiger partial charge in [0.1, 0.15) is 11.3 Å². The first-order valence-electron chi connectivity index (χ1n) is 10.1. The van der Waals surface area contributed by atoms with Crippen LogP contribution in [0.5, 0.6) is 0 Å². The number of carbonyl (C=O) groups is 1. The Hall–Kier alpha value is -1.54. The van der Waals surface area contributed by atoms with Crippen molar-refractivity contribution in [3.8, 4) is 0 Å². The number of rotatable bonds is 7. The Labute approximate surface area is 167 Å². The zero-order valence-corrected chi connectivity index (χ0v) is 17.1. The van der Waals surface area contributed by atoms with Gasteiger partial charge in [0.2, 0.25) is 0 Å². The van der Waals surface area contributed by atoms with Crippen LogP contribution in [0.4, 0.5) is 0 Å². The van der Waals surface area contributed by atoms with E-state index in [4.69, 9.17) is 19.9 Å². The molecule has 3 rings (SSSR count). The summed E-state index contributed by atoms with van der Waals surface area (Å²) in [7, 11) is 1.79. The largest absolute Gasteiger partial charge is 0.376 e. The zero-order chi connectivity index (χ0) is 20.1. The normalized spacial score (nSPS) is 34.5. The highest BCUT2D eigenvalue weighted by Crippen LogP contribution is 2.49. The molecule has 0 aromatic rings. The summed E-state index contributed by atoms with van der Waals surface area (Å²) in [6, 6.07) is 0. The zero-order valence-electron chi connectivity index (χ0n) is 17.1. The Balaban J connectivity index is 1.72. The molecule has 1 saturated carbocycles. The van der Waals surface area contributed by atoms with Crippen molar-refractivity contribution in [3.63, 3.8) is 0 Å². The molecule has 3 fully saturated rings. The van der Waals surface area contributed by atoms with E-state index >= 15 is 0 Å². The van der Waals surface area contributed by atoms with Crippen LogP contribution in [0.15, 0.2) is 29.4 Å². The molecule has 2 aliphatic heterocycles. The van der Waals surface area contributed by atoms with Crippen molar-refractivity contribution in [1.82, 2.24) is 4.90 Å². The second kappa shape index (κ2) is 9.31. The van der Waals surface area contributed by atoms with E-state index < -0.39 is 5.91 Å². The minimum absolute atomic E-state index is 0.152. The fourth-order valence-electron chi connectivity index (χ4n) is 5.03. The van der Waals surface area contributed by atoms with Gasteiger partial charge >= 0.3 is 0 Å². The predicted molar refractivity (Wildman–Crippen MR) is 108 cm³/mol. The fourth-order valence-corrected chi connectivity index (χ4v) is 5.03. The topological polar surface area (TPSA) is 86.4 Å². The van der Waals surface area contributed by atoms with Crippen LogP contribution >= 0.6 is 0 Å². The molecule has 0 radical (unpaired) electrons. The lowest BCUT2D eigenvalue weighted by molar-refractivity contribution is -0.149. The SMILES string of the molecule is C=C(/C=C\N=C(C)C(N)=O)C1(OC)C2CCCC1CN(C[C@@H]1COCCO1)C2. The van der Waals surface area contributed by atoms with Gasteiger partial charge < -0.3 is 19.9 Å². The molecule has 7 nitrogen and oxygen atoms in total. The van der Waals surface area contributed by atoms with Crippen LogP contribution in [0.3, 0.4) is 0 Å². The number of nitrogens with two attached hydrogens (primary N) is 1. The van der Waals surface area contributed by atoms with Crippen LogP contribution in [0.25, 0.3) is 0 Å². The summed E-state index contributed by atoms with van der Waals surface area (Å²) in [4.78, 5) is 17.8. The van der Waals surface area contributed by atoms with E-state index in [1.165, 1.54) is 6.42 Å². The Morgan fingerprint density at radius 3 is 2.64 bits per heavy atom. The Bertz CT molecular complexity index is 626. The third kappa shape index (κ3) is 4.38. The predicted octanol–water partition coefficient (Wildman–Crippen LogP) is 1.54. The molecule has 0 spiro atoms. The maximum atomic E-state index is 11.1. The van der Waals surface area contributed by atoms with Crippen molar-refractivity contribution >= 4 is 11.6 Å². The van der Waals surface area contributed by atoms with Gasteiger partial charge in [0.25, 0.3) is 5.91 Å². The van der Waals surface area contributed by atoms with Gasteiger partial charge in [-0.3, -0.25) is 14.7 Å². The van der Waals surface area contributed by atoms with Gasteiger partial charge in [0, 0.05) is 44.8 Å². The van der Waals surface area contributed by atoms with E-state index in [2.05, 4.69) is 16.5 Å². The molecule has 2 N–H and O–H groups in total. The minimum atomic E-state index is -0.518. The number of aliphatic imine (C=N–C) groups is 1. The second-order valence-electron chi connectivity index (χ2n) is 8.03. The molecular formula is C21H33N3O4. The minimum Gasteiger partial charge on any atom is -0.376 e. The molecule has 28 heavy (non-hydrogen) atoms. The average Bonchev–Trinajstić information content (AvgIpc) is 2.67. The second-order valence-corrected chi connectivity index (χ2v) is 8.03. The maximum absolute atomic E-state index is 11.1. The molecule has 1 amide bonds. The number of fused-ring (bicyclic) bond motifs is 2. The van der Waals surface area contributed by atoms with Gasteiger partial charge in [-0.25, -0.2) is 0 Å². The smallest absolute Gasteiger partial charge is 0.262 e. The highest BCUT2D eigenvalue weighted by atomic mass is 16.6. The first kappa shape index (κ1) is 21.2. The monoisotopic (exact) mass is 391 g/mol. The number of hydrogen-bond acceptors (Lipinski definition) is 6. The van der Waals surface area contributed by atoms with Crippen molar-refractivity contribution in [1.29, 1.82) is 0 Å².